The fraction of sp³-hybridized carbons (Fsp3) is 0.448. The number of nitrogens with zero attached hydrogens (tertiary/aromatic N) is 2. The monoisotopic (exact) mass is 557 g/mol. The van der Waals surface area contributed by atoms with E-state index in [-0.39, 0.29) is 17.9 Å². The molecule has 1 aliphatic carbocycles. The summed E-state index contributed by atoms with van der Waals surface area (Å²) in [5.74, 6) is 1.81. The van der Waals surface area contributed by atoms with Gasteiger partial charge in [-0.2, -0.15) is 5.26 Å². The lowest BCUT2D eigenvalue weighted by atomic mass is 9.90. The fourth-order valence-corrected chi connectivity index (χ4v) is 6.81. The third-order valence-electron chi connectivity index (χ3n) is 7.43. The Hall–Kier alpha value is -2.30. The van der Waals surface area contributed by atoms with Gasteiger partial charge in [0.25, 0.3) is 0 Å². The third kappa shape index (κ3) is 6.23. The number of aryl methyl sites for hydroxylation is 2. The first-order valence-electron chi connectivity index (χ1n) is 12.8. The van der Waals surface area contributed by atoms with E-state index < -0.39 is 0 Å². The zero-order chi connectivity index (χ0) is 26.7. The van der Waals surface area contributed by atoms with Crippen LogP contribution in [0.15, 0.2) is 28.7 Å². The van der Waals surface area contributed by atoms with Gasteiger partial charge >= 0.3 is 0 Å². The molecule has 0 spiro atoms. The van der Waals surface area contributed by atoms with Crippen LogP contribution in [0.3, 0.4) is 0 Å². The zero-order valence-corrected chi connectivity index (χ0v) is 24.1. The van der Waals surface area contributed by atoms with Crippen molar-refractivity contribution in [3.63, 3.8) is 0 Å². The molecule has 1 aliphatic rings. The minimum absolute atomic E-state index is 0.000729. The van der Waals surface area contributed by atoms with E-state index in [9.17, 15) is 10.1 Å². The Labute approximate surface area is 233 Å². The maximum Gasteiger partial charge on any atom is 0.228 e. The number of thiophene rings is 1. The Morgan fingerprint density at radius 1 is 1.24 bits per heavy atom. The standard InChI is InChI=1S/C29H33Cl2N3O2S/c1-5-19(6-2)28(35)33-29-25(14-32)24-10-9-22(13-27(24)37-29)34(16-23-11-17(3)18(4)36-23)15-20-7-8-21(30)12-26(20)31/h7-8,11-12,19,22H,5-6,9-10,13,15-16H2,1-4H3,(H,33,35). The molecule has 1 unspecified atom stereocenters. The van der Waals surface area contributed by atoms with Gasteiger partial charge in [0.05, 0.1) is 12.1 Å². The topological polar surface area (TPSA) is 69.3 Å². The number of carbonyl (C=O) groups is 1. The predicted molar refractivity (Wildman–Crippen MR) is 151 cm³/mol. The highest BCUT2D eigenvalue weighted by Gasteiger charge is 2.31. The summed E-state index contributed by atoms with van der Waals surface area (Å²) in [5, 5.41) is 15.0. The minimum atomic E-state index is -0.0433. The van der Waals surface area contributed by atoms with E-state index in [2.05, 4.69) is 29.3 Å². The molecule has 1 aromatic carbocycles. The first-order valence-corrected chi connectivity index (χ1v) is 14.4. The Balaban J connectivity index is 1.61. The molecule has 1 amide bonds. The molecule has 0 radical (unpaired) electrons. The number of benzene rings is 1. The lowest BCUT2D eigenvalue weighted by molar-refractivity contribution is -0.120. The number of halogens is 2. The van der Waals surface area contributed by atoms with Crippen molar-refractivity contribution in [2.75, 3.05) is 5.32 Å². The summed E-state index contributed by atoms with van der Waals surface area (Å²) in [5.41, 5.74) is 3.86. The largest absolute Gasteiger partial charge is 0.465 e. The average molecular weight is 559 g/mol. The molecule has 196 valence electrons. The summed E-state index contributed by atoms with van der Waals surface area (Å²) in [6.07, 6.45) is 4.07. The smallest absolute Gasteiger partial charge is 0.228 e. The van der Waals surface area contributed by atoms with Crippen LogP contribution in [-0.4, -0.2) is 16.8 Å². The van der Waals surface area contributed by atoms with Gasteiger partial charge in [0.2, 0.25) is 5.91 Å². The Morgan fingerprint density at radius 3 is 2.62 bits per heavy atom. The summed E-state index contributed by atoms with van der Waals surface area (Å²) >= 11 is 14.3. The molecule has 1 atom stereocenters. The van der Waals surface area contributed by atoms with Crippen molar-refractivity contribution < 1.29 is 9.21 Å². The van der Waals surface area contributed by atoms with Crippen LogP contribution in [0.5, 0.6) is 0 Å². The molecular weight excluding hydrogens is 525 g/mol. The van der Waals surface area contributed by atoms with Crippen LogP contribution in [0.2, 0.25) is 10.0 Å². The first kappa shape index (κ1) is 27.7. The van der Waals surface area contributed by atoms with Crippen molar-refractivity contribution >= 4 is 45.4 Å². The maximum atomic E-state index is 12.8. The van der Waals surface area contributed by atoms with Gasteiger partial charge in [0.1, 0.15) is 22.6 Å². The van der Waals surface area contributed by atoms with Gasteiger partial charge in [-0.3, -0.25) is 9.69 Å². The number of nitrogens with one attached hydrogen (secondary N) is 1. The highest BCUT2D eigenvalue weighted by Crippen LogP contribution is 2.40. The third-order valence-corrected chi connectivity index (χ3v) is 9.18. The minimum Gasteiger partial charge on any atom is -0.465 e. The number of rotatable bonds is 9. The molecule has 8 heteroatoms. The van der Waals surface area contributed by atoms with Crippen LogP contribution in [0.4, 0.5) is 5.00 Å². The first-order chi connectivity index (χ1) is 17.7. The number of hydrogen-bond acceptors (Lipinski definition) is 5. The van der Waals surface area contributed by atoms with E-state index >= 15 is 0 Å². The molecule has 4 rings (SSSR count). The summed E-state index contributed by atoms with van der Waals surface area (Å²) in [6, 6.07) is 10.3. The van der Waals surface area contributed by atoms with Crippen LogP contribution in [0.1, 0.15) is 71.8 Å². The highest BCUT2D eigenvalue weighted by molar-refractivity contribution is 7.16. The predicted octanol–water partition coefficient (Wildman–Crippen LogP) is 8.07. The molecule has 1 N–H and O–H groups in total. The molecule has 2 aromatic heterocycles. The van der Waals surface area contributed by atoms with Crippen molar-refractivity contribution in [1.29, 1.82) is 5.26 Å². The molecule has 0 fully saturated rings. The molecular formula is C29H33Cl2N3O2S. The Kier molecular flexibility index (Phi) is 9.03. The van der Waals surface area contributed by atoms with E-state index in [1.165, 1.54) is 4.88 Å². The molecule has 37 heavy (non-hydrogen) atoms. The van der Waals surface area contributed by atoms with Crippen LogP contribution >= 0.6 is 34.5 Å². The molecule has 0 bridgehead atoms. The van der Waals surface area contributed by atoms with Crippen LogP contribution in [0, 0.1) is 31.1 Å². The number of hydrogen-bond donors (Lipinski definition) is 1. The second-order valence-electron chi connectivity index (χ2n) is 9.81. The number of fused-ring (bicyclic) bond motifs is 1. The number of amides is 1. The summed E-state index contributed by atoms with van der Waals surface area (Å²) in [7, 11) is 0. The summed E-state index contributed by atoms with van der Waals surface area (Å²) < 4.78 is 6.04. The van der Waals surface area contributed by atoms with E-state index in [4.69, 9.17) is 27.6 Å². The second-order valence-corrected chi connectivity index (χ2v) is 11.8. The number of furan rings is 1. The van der Waals surface area contributed by atoms with E-state index in [1.807, 2.05) is 32.9 Å². The van der Waals surface area contributed by atoms with Crippen molar-refractivity contribution in [1.82, 2.24) is 4.90 Å². The maximum absolute atomic E-state index is 12.8. The summed E-state index contributed by atoms with van der Waals surface area (Å²) in [4.78, 5) is 16.3. The van der Waals surface area contributed by atoms with Crippen molar-refractivity contribution in [3.05, 3.63) is 73.0 Å². The van der Waals surface area contributed by atoms with Crippen LogP contribution in [0.25, 0.3) is 0 Å². The van der Waals surface area contributed by atoms with Crippen molar-refractivity contribution in [3.8, 4) is 6.07 Å². The molecule has 0 saturated carbocycles. The van der Waals surface area contributed by atoms with E-state index in [0.717, 1.165) is 60.3 Å². The molecule has 2 heterocycles. The SMILES string of the molecule is CCC(CC)C(=O)Nc1sc2c(c1C#N)CCC(N(Cc1cc(C)c(C)o1)Cc1ccc(Cl)cc1Cl)C2. The number of anilines is 1. The lowest BCUT2D eigenvalue weighted by Crippen LogP contribution is -2.38. The fourth-order valence-electron chi connectivity index (χ4n) is 5.07. The van der Waals surface area contributed by atoms with Crippen LogP contribution in [-0.2, 0) is 30.7 Å². The Morgan fingerprint density at radius 2 is 2.00 bits per heavy atom. The molecule has 0 saturated heterocycles. The molecule has 0 aliphatic heterocycles. The quantitative estimate of drug-likeness (QED) is 0.288. The number of carbonyl (C=O) groups excluding carboxylic acids is 1. The van der Waals surface area contributed by atoms with Gasteiger partial charge in [-0.05, 0) is 80.8 Å². The van der Waals surface area contributed by atoms with Gasteiger partial charge in [0.15, 0.2) is 0 Å². The zero-order valence-electron chi connectivity index (χ0n) is 21.8. The number of nitriles is 1. The van der Waals surface area contributed by atoms with Gasteiger partial charge < -0.3 is 9.73 Å². The van der Waals surface area contributed by atoms with Crippen molar-refractivity contribution in [2.24, 2.45) is 5.92 Å². The summed E-state index contributed by atoms with van der Waals surface area (Å²) in [6.45, 7) is 9.39. The average Bonchev–Trinajstić information content (AvgIpc) is 3.37. The molecule has 5 nitrogen and oxygen atoms in total. The second kappa shape index (κ2) is 12.0. The normalized spacial score (nSPS) is 15.2. The van der Waals surface area contributed by atoms with Gasteiger partial charge in [-0.1, -0.05) is 43.1 Å². The Bertz CT molecular complexity index is 1300. The highest BCUT2D eigenvalue weighted by atomic mass is 35.5. The van der Waals surface area contributed by atoms with Crippen molar-refractivity contribution in [2.45, 2.75) is 78.9 Å². The molecule has 3 aromatic rings. The van der Waals surface area contributed by atoms with Gasteiger partial charge in [-0.15, -0.1) is 11.3 Å². The van der Waals surface area contributed by atoms with Gasteiger partial charge in [-0.25, -0.2) is 0 Å². The van der Waals surface area contributed by atoms with Crippen LogP contribution < -0.4 is 5.32 Å². The van der Waals surface area contributed by atoms with E-state index in [0.29, 0.717) is 33.7 Å². The lowest BCUT2D eigenvalue weighted by Gasteiger charge is -2.34. The van der Waals surface area contributed by atoms with E-state index in [1.54, 1.807) is 17.4 Å². The van der Waals surface area contributed by atoms with Gasteiger partial charge in [0, 0.05) is 33.4 Å².